The first kappa shape index (κ1) is 15.2. The fourth-order valence-corrected chi connectivity index (χ4v) is 1.94. The topological polar surface area (TPSA) is 48.1 Å². The van der Waals surface area contributed by atoms with Gasteiger partial charge in [0.2, 0.25) is 0 Å². The van der Waals surface area contributed by atoms with Gasteiger partial charge in [0.25, 0.3) is 0 Å². The largest absolute Gasteiger partial charge is 0.494 e. The second-order valence-corrected chi connectivity index (χ2v) is 4.31. The van der Waals surface area contributed by atoms with E-state index in [0.29, 0.717) is 0 Å². The van der Waals surface area contributed by atoms with Crippen LogP contribution in [0.25, 0.3) is 0 Å². The van der Waals surface area contributed by atoms with Crippen LogP contribution in [0, 0.1) is 5.82 Å². The number of benzene rings is 1. The van der Waals surface area contributed by atoms with Crippen molar-refractivity contribution in [3.63, 3.8) is 0 Å². The monoisotopic (exact) mass is 300 g/mol. The Morgan fingerprint density at radius 1 is 1.24 bits per heavy atom. The summed E-state index contributed by atoms with van der Waals surface area (Å²) in [4.78, 5) is 3.70. The van der Waals surface area contributed by atoms with Crippen LogP contribution in [0.3, 0.4) is 0 Å². The highest BCUT2D eigenvalue weighted by molar-refractivity contribution is 5.37. The van der Waals surface area contributed by atoms with Gasteiger partial charge in [-0.3, -0.25) is 4.98 Å². The van der Waals surface area contributed by atoms with Crippen LogP contribution in [-0.2, 0) is 6.18 Å². The summed E-state index contributed by atoms with van der Waals surface area (Å²) < 4.78 is 57.2. The molecule has 1 aromatic heterocycles. The van der Waals surface area contributed by atoms with Gasteiger partial charge in [0.05, 0.1) is 24.4 Å². The molecule has 0 saturated heterocycles. The quantitative estimate of drug-likeness (QED) is 0.885. The maximum Gasteiger partial charge on any atom is 0.418 e. The molecule has 2 N–H and O–H groups in total. The van der Waals surface area contributed by atoms with Crippen molar-refractivity contribution in [1.29, 1.82) is 0 Å². The zero-order chi connectivity index (χ0) is 15.6. The first-order chi connectivity index (χ1) is 9.84. The highest BCUT2D eigenvalue weighted by Crippen LogP contribution is 2.35. The van der Waals surface area contributed by atoms with Crippen molar-refractivity contribution >= 4 is 0 Å². The molecule has 1 atom stereocenters. The van der Waals surface area contributed by atoms with Crippen molar-refractivity contribution in [3.8, 4) is 5.75 Å². The van der Waals surface area contributed by atoms with Crippen molar-refractivity contribution in [1.82, 2.24) is 4.98 Å². The minimum absolute atomic E-state index is 0.0111. The van der Waals surface area contributed by atoms with Gasteiger partial charge in [-0.15, -0.1) is 0 Å². The van der Waals surface area contributed by atoms with Crippen molar-refractivity contribution in [3.05, 3.63) is 59.2 Å². The Bertz CT molecular complexity index is 643. The van der Waals surface area contributed by atoms with E-state index in [0.717, 1.165) is 12.1 Å². The summed E-state index contributed by atoms with van der Waals surface area (Å²) in [6.07, 6.45) is -3.36. The van der Waals surface area contributed by atoms with Gasteiger partial charge in [0, 0.05) is 6.20 Å². The minimum Gasteiger partial charge on any atom is -0.494 e. The van der Waals surface area contributed by atoms with E-state index >= 15 is 0 Å². The zero-order valence-corrected chi connectivity index (χ0v) is 11.0. The molecule has 0 bridgehead atoms. The SMILES string of the molecule is COc1ccc(C(N)c2ncccc2C(F)(F)F)cc1F. The molecule has 1 heterocycles. The number of nitrogens with two attached hydrogens (primary N) is 1. The van der Waals surface area contributed by atoms with Crippen molar-refractivity contribution in [2.45, 2.75) is 12.2 Å². The van der Waals surface area contributed by atoms with Crippen molar-refractivity contribution in [2.75, 3.05) is 7.11 Å². The normalized spacial score (nSPS) is 13.0. The number of alkyl halides is 3. The summed E-state index contributed by atoms with van der Waals surface area (Å²) >= 11 is 0. The van der Waals surface area contributed by atoms with Gasteiger partial charge in [0.1, 0.15) is 0 Å². The van der Waals surface area contributed by atoms with Crippen molar-refractivity contribution < 1.29 is 22.3 Å². The van der Waals surface area contributed by atoms with Gasteiger partial charge < -0.3 is 10.5 Å². The molecule has 0 amide bonds. The van der Waals surface area contributed by atoms with Gasteiger partial charge in [-0.05, 0) is 29.8 Å². The van der Waals surface area contributed by atoms with E-state index in [-0.39, 0.29) is 17.0 Å². The van der Waals surface area contributed by atoms with Gasteiger partial charge in [-0.2, -0.15) is 13.2 Å². The lowest BCUT2D eigenvalue weighted by Gasteiger charge is -2.17. The third-order valence-corrected chi connectivity index (χ3v) is 2.97. The van der Waals surface area contributed by atoms with E-state index in [4.69, 9.17) is 10.5 Å². The molecule has 1 unspecified atom stereocenters. The van der Waals surface area contributed by atoms with E-state index in [1.54, 1.807) is 0 Å². The molecule has 3 nitrogen and oxygen atoms in total. The highest BCUT2D eigenvalue weighted by Gasteiger charge is 2.35. The molecule has 21 heavy (non-hydrogen) atoms. The molecule has 0 spiro atoms. The Kier molecular flexibility index (Phi) is 4.13. The summed E-state index contributed by atoms with van der Waals surface area (Å²) in [6.45, 7) is 0. The van der Waals surface area contributed by atoms with Gasteiger partial charge in [0.15, 0.2) is 11.6 Å². The molecule has 0 fully saturated rings. The third kappa shape index (κ3) is 3.13. The molecule has 0 aliphatic carbocycles. The number of aromatic nitrogens is 1. The minimum atomic E-state index is -4.58. The van der Waals surface area contributed by atoms with E-state index < -0.39 is 23.6 Å². The predicted octanol–water partition coefficient (Wildman–Crippen LogP) is 3.30. The van der Waals surface area contributed by atoms with E-state index in [2.05, 4.69) is 4.98 Å². The number of ether oxygens (including phenoxy) is 1. The molecule has 112 valence electrons. The first-order valence-electron chi connectivity index (χ1n) is 5.95. The third-order valence-electron chi connectivity index (χ3n) is 2.97. The van der Waals surface area contributed by atoms with E-state index in [1.165, 1.54) is 31.5 Å². The summed E-state index contributed by atoms with van der Waals surface area (Å²) in [5.41, 5.74) is 4.69. The summed E-state index contributed by atoms with van der Waals surface area (Å²) in [5, 5.41) is 0. The number of hydrogen-bond donors (Lipinski definition) is 1. The Labute approximate surface area is 118 Å². The molecule has 2 aromatic rings. The van der Waals surface area contributed by atoms with Crippen LogP contribution in [0.4, 0.5) is 17.6 Å². The van der Waals surface area contributed by atoms with Crippen molar-refractivity contribution in [2.24, 2.45) is 5.73 Å². The maximum atomic E-state index is 13.6. The lowest BCUT2D eigenvalue weighted by atomic mass is 9.99. The molecule has 7 heteroatoms. The van der Waals surface area contributed by atoms with E-state index in [9.17, 15) is 17.6 Å². The number of nitrogens with zero attached hydrogens (tertiary/aromatic N) is 1. The van der Waals surface area contributed by atoms with Crippen LogP contribution < -0.4 is 10.5 Å². The number of methoxy groups -OCH3 is 1. The molecule has 1 aromatic carbocycles. The smallest absolute Gasteiger partial charge is 0.418 e. The number of rotatable bonds is 3. The average molecular weight is 300 g/mol. The van der Waals surface area contributed by atoms with Crippen LogP contribution in [0.15, 0.2) is 36.5 Å². The van der Waals surface area contributed by atoms with Gasteiger partial charge in [-0.25, -0.2) is 4.39 Å². The van der Waals surface area contributed by atoms with Crippen LogP contribution in [0.2, 0.25) is 0 Å². The fraction of sp³-hybridized carbons (Fsp3) is 0.214. The Balaban J connectivity index is 2.45. The summed E-state index contributed by atoms with van der Waals surface area (Å²) in [5.74, 6) is -0.710. The molecule has 0 aliphatic heterocycles. The fourth-order valence-electron chi connectivity index (χ4n) is 1.94. The summed E-state index contributed by atoms with van der Waals surface area (Å²) in [7, 11) is 1.29. The first-order valence-corrected chi connectivity index (χ1v) is 5.95. The standard InChI is InChI=1S/C14H12F4N2O/c1-21-11-5-4-8(7-10(11)15)12(19)13-9(14(16,17)18)3-2-6-20-13/h2-7,12H,19H2,1H3. The molecule has 0 aliphatic rings. The summed E-state index contributed by atoms with van der Waals surface area (Å²) in [6, 6.07) is 4.62. The second kappa shape index (κ2) is 5.69. The maximum absolute atomic E-state index is 13.6. The molecule has 0 saturated carbocycles. The highest BCUT2D eigenvalue weighted by atomic mass is 19.4. The van der Waals surface area contributed by atoms with Crippen LogP contribution in [0.1, 0.15) is 22.9 Å². The molecule has 2 rings (SSSR count). The van der Waals surface area contributed by atoms with Crippen LogP contribution in [0.5, 0.6) is 5.75 Å². The number of halogens is 4. The van der Waals surface area contributed by atoms with Gasteiger partial charge in [-0.1, -0.05) is 6.07 Å². The van der Waals surface area contributed by atoms with Crippen LogP contribution in [-0.4, -0.2) is 12.1 Å². The number of hydrogen-bond acceptors (Lipinski definition) is 3. The Morgan fingerprint density at radius 3 is 2.52 bits per heavy atom. The molecular formula is C14H12F4N2O. The Hall–Kier alpha value is -2.15. The van der Waals surface area contributed by atoms with Crippen LogP contribution >= 0.6 is 0 Å². The van der Waals surface area contributed by atoms with E-state index in [1.807, 2.05) is 0 Å². The molecule has 0 radical (unpaired) electrons. The second-order valence-electron chi connectivity index (χ2n) is 4.31. The number of pyridine rings is 1. The lowest BCUT2D eigenvalue weighted by Crippen LogP contribution is -2.20. The van der Waals surface area contributed by atoms with Gasteiger partial charge >= 0.3 is 6.18 Å². The molecular weight excluding hydrogens is 288 g/mol. The Morgan fingerprint density at radius 2 is 1.95 bits per heavy atom. The average Bonchev–Trinajstić information content (AvgIpc) is 2.45. The lowest BCUT2D eigenvalue weighted by molar-refractivity contribution is -0.138. The zero-order valence-electron chi connectivity index (χ0n) is 11.0. The predicted molar refractivity (Wildman–Crippen MR) is 68.2 cm³/mol.